The number of nitrogens with one attached hydrogen (secondary N) is 1. The second-order valence-corrected chi connectivity index (χ2v) is 5.99. The highest BCUT2D eigenvalue weighted by atomic mass is 16.2. The van der Waals surface area contributed by atoms with Gasteiger partial charge in [0, 0.05) is 24.5 Å². The average molecular weight is 325 g/mol. The van der Waals surface area contributed by atoms with Gasteiger partial charge in [0.2, 0.25) is 5.91 Å². The van der Waals surface area contributed by atoms with Crippen molar-refractivity contribution in [3.63, 3.8) is 0 Å². The molecule has 1 atom stereocenters. The van der Waals surface area contributed by atoms with Gasteiger partial charge in [0.1, 0.15) is 6.04 Å². The lowest BCUT2D eigenvalue weighted by atomic mass is 10.1. The predicted octanol–water partition coefficient (Wildman–Crippen LogP) is 3.77. The minimum absolute atomic E-state index is 0.0261. The molecular weight excluding hydrogens is 298 g/mol. The Hall–Kier alpha value is -2.33. The van der Waals surface area contributed by atoms with E-state index in [4.69, 9.17) is 0 Å². The molecule has 0 saturated heterocycles. The van der Waals surface area contributed by atoms with Gasteiger partial charge in [-0.1, -0.05) is 30.3 Å². The van der Waals surface area contributed by atoms with E-state index >= 15 is 0 Å². The molecule has 0 radical (unpaired) electrons. The number of hydrogen-bond acceptors (Lipinski definition) is 3. The first-order chi connectivity index (χ1) is 11.6. The molecule has 0 bridgehead atoms. The largest absolute Gasteiger partial charge is 0.372 e. The van der Waals surface area contributed by atoms with E-state index in [1.54, 1.807) is 0 Å². The van der Waals surface area contributed by atoms with Crippen molar-refractivity contribution < 1.29 is 4.79 Å². The van der Waals surface area contributed by atoms with Crippen molar-refractivity contribution in [2.24, 2.45) is 0 Å². The maximum atomic E-state index is 12.7. The van der Waals surface area contributed by atoms with Gasteiger partial charge in [-0.25, -0.2) is 0 Å². The molecule has 0 aliphatic carbocycles. The third-order valence-corrected chi connectivity index (χ3v) is 4.14. The van der Waals surface area contributed by atoms with Crippen LogP contribution in [0.25, 0.3) is 0 Å². The molecule has 1 amide bonds. The summed E-state index contributed by atoms with van der Waals surface area (Å²) in [6.45, 7) is 6.22. The lowest BCUT2D eigenvalue weighted by molar-refractivity contribution is -0.120. The highest BCUT2D eigenvalue weighted by Crippen LogP contribution is 2.22. The van der Waals surface area contributed by atoms with E-state index in [-0.39, 0.29) is 11.9 Å². The van der Waals surface area contributed by atoms with Crippen molar-refractivity contribution >= 4 is 17.3 Å². The van der Waals surface area contributed by atoms with Crippen LogP contribution in [0, 0.1) is 0 Å². The van der Waals surface area contributed by atoms with Crippen LogP contribution in [0.15, 0.2) is 54.6 Å². The molecular formula is C20H27N3O. The second-order valence-electron chi connectivity index (χ2n) is 5.99. The molecule has 2 aromatic rings. The van der Waals surface area contributed by atoms with Crippen LogP contribution in [0.3, 0.4) is 0 Å². The normalized spacial score (nSPS) is 12.0. The SMILES string of the molecule is CCN(CC)c1ccc(NC(=O)C(c2ccccc2)N(C)C)cc1. The van der Waals surface area contributed by atoms with Crippen molar-refractivity contribution in [1.82, 2.24) is 4.90 Å². The Morgan fingerprint density at radius 3 is 2.04 bits per heavy atom. The molecule has 0 aliphatic heterocycles. The number of anilines is 2. The molecule has 2 rings (SSSR count). The van der Waals surface area contributed by atoms with Crippen LogP contribution in [0.4, 0.5) is 11.4 Å². The molecule has 1 N–H and O–H groups in total. The summed E-state index contributed by atoms with van der Waals surface area (Å²) in [5, 5.41) is 3.02. The number of rotatable bonds is 7. The topological polar surface area (TPSA) is 35.6 Å². The van der Waals surface area contributed by atoms with Gasteiger partial charge in [0.25, 0.3) is 0 Å². The fourth-order valence-corrected chi connectivity index (χ4v) is 2.87. The zero-order chi connectivity index (χ0) is 17.5. The van der Waals surface area contributed by atoms with E-state index in [2.05, 4.69) is 36.2 Å². The van der Waals surface area contributed by atoms with Crippen molar-refractivity contribution in [3.8, 4) is 0 Å². The second kappa shape index (κ2) is 8.50. The van der Waals surface area contributed by atoms with Crippen LogP contribution in [-0.2, 0) is 4.79 Å². The van der Waals surface area contributed by atoms with Crippen LogP contribution in [0.2, 0.25) is 0 Å². The van der Waals surface area contributed by atoms with Crippen molar-refractivity contribution in [3.05, 3.63) is 60.2 Å². The van der Waals surface area contributed by atoms with Crippen LogP contribution in [0.5, 0.6) is 0 Å². The lowest BCUT2D eigenvalue weighted by Gasteiger charge is -2.24. The maximum absolute atomic E-state index is 12.7. The minimum Gasteiger partial charge on any atom is -0.372 e. The number of carbonyl (C=O) groups is 1. The number of amides is 1. The summed E-state index contributed by atoms with van der Waals surface area (Å²) in [6.07, 6.45) is 0. The highest BCUT2D eigenvalue weighted by Gasteiger charge is 2.22. The molecule has 24 heavy (non-hydrogen) atoms. The summed E-state index contributed by atoms with van der Waals surface area (Å²) in [5.74, 6) is -0.0261. The van der Waals surface area contributed by atoms with E-state index < -0.39 is 0 Å². The molecule has 0 aliphatic rings. The minimum atomic E-state index is -0.311. The summed E-state index contributed by atoms with van der Waals surface area (Å²) in [4.78, 5) is 16.9. The molecule has 128 valence electrons. The fraction of sp³-hybridized carbons (Fsp3) is 0.350. The van der Waals surface area contributed by atoms with Crippen LogP contribution < -0.4 is 10.2 Å². The van der Waals surface area contributed by atoms with Crippen LogP contribution in [-0.4, -0.2) is 38.0 Å². The van der Waals surface area contributed by atoms with Crippen molar-refractivity contribution in [2.75, 3.05) is 37.4 Å². The van der Waals surface area contributed by atoms with E-state index in [1.807, 2.05) is 61.5 Å². The Kier molecular flexibility index (Phi) is 6.38. The maximum Gasteiger partial charge on any atom is 0.246 e. The number of likely N-dealkylation sites (N-methyl/N-ethyl adjacent to an activating group) is 1. The zero-order valence-corrected chi connectivity index (χ0v) is 15.0. The van der Waals surface area contributed by atoms with E-state index in [0.717, 1.165) is 24.3 Å². The zero-order valence-electron chi connectivity index (χ0n) is 15.0. The van der Waals surface area contributed by atoms with Gasteiger partial charge in [0.05, 0.1) is 0 Å². The number of hydrogen-bond donors (Lipinski definition) is 1. The van der Waals surface area contributed by atoms with Gasteiger partial charge in [-0.2, -0.15) is 0 Å². The molecule has 0 heterocycles. The van der Waals surface area contributed by atoms with Gasteiger partial charge < -0.3 is 10.2 Å². The van der Waals surface area contributed by atoms with Crippen LogP contribution in [0.1, 0.15) is 25.5 Å². The Balaban J connectivity index is 2.12. The standard InChI is InChI=1S/C20H27N3O/c1-5-23(6-2)18-14-12-17(13-15-18)21-20(24)19(22(3)4)16-10-8-7-9-11-16/h7-15,19H,5-6H2,1-4H3,(H,21,24). The van der Waals surface area contributed by atoms with Gasteiger partial charge in [-0.05, 0) is 57.8 Å². The molecule has 0 fully saturated rings. The van der Waals surface area contributed by atoms with Crippen molar-refractivity contribution in [1.29, 1.82) is 0 Å². The lowest BCUT2D eigenvalue weighted by Crippen LogP contribution is -2.32. The van der Waals surface area contributed by atoms with E-state index in [0.29, 0.717) is 0 Å². The van der Waals surface area contributed by atoms with Gasteiger partial charge in [-0.15, -0.1) is 0 Å². The Morgan fingerprint density at radius 1 is 0.958 bits per heavy atom. The summed E-state index contributed by atoms with van der Waals surface area (Å²) in [6, 6.07) is 17.5. The monoisotopic (exact) mass is 325 g/mol. The van der Waals surface area contributed by atoms with Crippen LogP contribution >= 0.6 is 0 Å². The summed E-state index contributed by atoms with van der Waals surface area (Å²) in [7, 11) is 3.83. The molecule has 0 spiro atoms. The average Bonchev–Trinajstić information content (AvgIpc) is 2.58. The molecule has 0 saturated carbocycles. The third kappa shape index (κ3) is 4.36. The predicted molar refractivity (Wildman–Crippen MR) is 102 cm³/mol. The molecule has 4 nitrogen and oxygen atoms in total. The highest BCUT2D eigenvalue weighted by molar-refractivity contribution is 5.95. The Morgan fingerprint density at radius 2 is 1.54 bits per heavy atom. The molecule has 4 heteroatoms. The van der Waals surface area contributed by atoms with Crippen molar-refractivity contribution in [2.45, 2.75) is 19.9 Å². The Labute approximate surface area is 145 Å². The van der Waals surface area contributed by atoms with E-state index in [1.165, 1.54) is 5.69 Å². The number of carbonyl (C=O) groups excluding carboxylic acids is 1. The summed E-state index contributed by atoms with van der Waals surface area (Å²) < 4.78 is 0. The van der Waals surface area contributed by atoms with E-state index in [9.17, 15) is 4.79 Å². The summed E-state index contributed by atoms with van der Waals surface area (Å²) in [5.41, 5.74) is 2.98. The summed E-state index contributed by atoms with van der Waals surface area (Å²) >= 11 is 0. The van der Waals surface area contributed by atoms with Gasteiger partial charge in [0.15, 0.2) is 0 Å². The number of benzene rings is 2. The first-order valence-corrected chi connectivity index (χ1v) is 8.44. The first kappa shape index (κ1) is 18.0. The van der Waals surface area contributed by atoms with Gasteiger partial charge >= 0.3 is 0 Å². The quantitative estimate of drug-likeness (QED) is 0.841. The third-order valence-electron chi connectivity index (χ3n) is 4.14. The molecule has 0 aromatic heterocycles. The van der Waals surface area contributed by atoms with Gasteiger partial charge in [-0.3, -0.25) is 9.69 Å². The molecule has 1 unspecified atom stereocenters. The fourth-order valence-electron chi connectivity index (χ4n) is 2.87. The molecule has 2 aromatic carbocycles. The smallest absolute Gasteiger partial charge is 0.246 e. The Bertz CT molecular complexity index is 634. The number of nitrogens with zero attached hydrogens (tertiary/aromatic N) is 2. The first-order valence-electron chi connectivity index (χ1n) is 8.44.